The number of likely N-dealkylation sites (tertiary alicyclic amines) is 1. The van der Waals surface area contributed by atoms with Crippen LogP contribution in [0.15, 0.2) is 47.4 Å². The highest BCUT2D eigenvalue weighted by molar-refractivity contribution is 7.92. The summed E-state index contributed by atoms with van der Waals surface area (Å²) in [7, 11) is -4.46. The van der Waals surface area contributed by atoms with Gasteiger partial charge in [-0.25, -0.2) is 12.8 Å². The Morgan fingerprint density at radius 2 is 1.50 bits per heavy atom. The minimum Gasteiger partial charge on any atom is -0.481 e. The van der Waals surface area contributed by atoms with Crippen molar-refractivity contribution in [1.29, 1.82) is 0 Å². The summed E-state index contributed by atoms with van der Waals surface area (Å²) in [5.41, 5.74) is -6.92. The zero-order valence-electron chi connectivity index (χ0n) is 25.1. The molecule has 1 amide bonds. The Kier molecular flexibility index (Phi) is 8.56. The van der Waals surface area contributed by atoms with Crippen molar-refractivity contribution in [1.82, 2.24) is 4.90 Å². The van der Waals surface area contributed by atoms with Crippen LogP contribution in [0.2, 0.25) is 0 Å². The summed E-state index contributed by atoms with van der Waals surface area (Å²) in [6.45, 7) is 3.65. The van der Waals surface area contributed by atoms with Crippen LogP contribution in [0.4, 0.5) is 30.7 Å². The number of carbonyl (C=O) groups excluding carboxylic acids is 1. The lowest BCUT2D eigenvalue weighted by atomic mass is 9.76. The number of carbonyl (C=O) groups is 2. The molecule has 2 aromatic rings. The zero-order valence-corrected chi connectivity index (χ0v) is 25.9. The Morgan fingerprint density at radius 1 is 0.891 bits per heavy atom. The number of hydrogen-bond donors (Lipinski definition) is 1. The van der Waals surface area contributed by atoms with Crippen molar-refractivity contribution < 1.29 is 53.8 Å². The van der Waals surface area contributed by atoms with Gasteiger partial charge in [-0.15, -0.1) is 0 Å². The van der Waals surface area contributed by atoms with E-state index < -0.39 is 62.0 Å². The fraction of sp³-hybridized carbons (Fsp3) is 0.562. The minimum atomic E-state index is -6.34. The number of amides is 1. The van der Waals surface area contributed by atoms with Gasteiger partial charge in [0.15, 0.2) is 9.84 Å². The number of carboxylic acids is 1. The van der Waals surface area contributed by atoms with Gasteiger partial charge in [0, 0.05) is 18.0 Å². The Balaban J connectivity index is 1.64. The van der Waals surface area contributed by atoms with E-state index in [0.29, 0.717) is 17.7 Å². The van der Waals surface area contributed by atoms with Gasteiger partial charge in [0.1, 0.15) is 4.75 Å². The normalized spacial score (nSPS) is 25.7. The highest BCUT2D eigenvalue weighted by Gasteiger charge is 2.74. The number of fused-ring (bicyclic) bond motifs is 3. The molecule has 252 valence electrons. The topological polar surface area (TPSA) is 91.8 Å². The first-order chi connectivity index (χ1) is 21.3. The highest BCUT2D eigenvalue weighted by Crippen LogP contribution is 2.57. The first-order valence-corrected chi connectivity index (χ1v) is 16.6. The van der Waals surface area contributed by atoms with Crippen LogP contribution in [0.5, 0.6) is 0 Å². The van der Waals surface area contributed by atoms with Crippen LogP contribution >= 0.6 is 0 Å². The number of aliphatic carboxylic acids is 1. The summed E-state index contributed by atoms with van der Waals surface area (Å²) in [4.78, 5) is 26.6. The lowest BCUT2D eigenvalue weighted by molar-refractivity contribution is -0.348. The van der Waals surface area contributed by atoms with Gasteiger partial charge in [-0.2, -0.15) is 26.3 Å². The molecule has 1 saturated carbocycles. The minimum absolute atomic E-state index is 0.0508. The molecule has 1 aliphatic heterocycles. The van der Waals surface area contributed by atoms with Gasteiger partial charge in [0.25, 0.3) is 0 Å². The number of aryl methyl sites for hydroxylation is 1. The van der Waals surface area contributed by atoms with E-state index in [1.165, 1.54) is 17.0 Å². The summed E-state index contributed by atoms with van der Waals surface area (Å²) in [6, 6.07) is 6.77. The number of carboxylic acid groups (broad SMARTS) is 1. The van der Waals surface area contributed by atoms with Crippen LogP contribution in [-0.4, -0.2) is 55.2 Å². The third kappa shape index (κ3) is 5.18. The third-order valence-electron chi connectivity index (χ3n) is 10.1. The molecule has 46 heavy (non-hydrogen) atoms. The molecule has 3 aliphatic rings. The smallest absolute Gasteiger partial charge is 0.435 e. The summed E-state index contributed by atoms with van der Waals surface area (Å²) < 4.78 is 124. The van der Waals surface area contributed by atoms with Crippen molar-refractivity contribution >= 4 is 21.7 Å². The molecule has 0 spiro atoms. The molecule has 0 aromatic heterocycles. The second kappa shape index (κ2) is 11.5. The number of sulfone groups is 1. The van der Waals surface area contributed by atoms with Gasteiger partial charge < -0.3 is 10.0 Å². The van der Waals surface area contributed by atoms with E-state index in [9.17, 15) is 49.5 Å². The quantitative estimate of drug-likeness (QED) is 0.327. The average molecular weight is 678 g/mol. The van der Waals surface area contributed by atoms with Gasteiger partial charge in [-0.1, -0.05) is 44.2 Å². The van der Waals surface area contributed by atoms with E-state index in [2.05, 4.69) is 0 Å². The largest absolute Gasteiger partial charge is 0.481 e. The third-order valence-corrected chi connectivity index (χ3v) is 12.6. The predicted octanol–water partition coefficient (Wildman–Crippen LogP) is 7.21. The number of nitrogens with zero attached hydrogens (tertiary/aromatic N) is 1. The first kappa shape index (κ1) is 34.2. The zero-order chi connectivity index (χ0) is 34.0. The average Bonchev–Trinajstić information content (AvgIpc) is 3.40. The molecule has 2 fully saturated rings. The molecule has 6 nitrogen and oxygen atoms in total. The van der Waals surface area contributed by atoms with Crippen molar-refractivity contribution in [2.24, 2.45) is 11.8 Å². The number of halogens is 7. The lowest BCUT2D eigenvalue weighted by Crippen LogP contribution is -2.53. The van der Waals surface area contributed by atoms with Crippen LogP contribution in [0, 0.1) is 11.8 Å². The number of hydrogen-bond acceptors (Lipinski definition) is 4. The SMILES string of the molecule is CC(C)c1cccc(S(=O)(=O)C23CCN(C(=O)C4CCC(C(=O)O)CC4)C2CCc2cc(C(F)(C(F)(F)F)C(F)(F)F)ccc23)c1. The Labute approximate surface area is 261 Å². The molecule has 2 aliphatic carbocycles. The van der Waals surface area contributed by atoms with Gasteiger partial charge >= 0.3 is 24.0 Å². The number of alkyl halides is 7. The van der Waals surface area contributed by atoms with Crippen LogP contribution in [0.25, 0.3) is 0 Å². The maximum atomic E-state index is 15.1. The molecular formula is C32H34F7NO5S. The van der Waals surface area contributed by atoms with E-state index in [0.717, 1.165) is 6.07 Å². The van der Waals surface area contributed by atoms with Gasteiger partial charge in [-0.05, 0) is 79.7 Å². The second-order valence-electron chi connectivity index (χ2n) is 12.9. The van der Waals surface area contributed by atoms with Crippen molar-refractivity contribution in [2.75, 3.05) is 6.54 Å². The molecule has 2 unspecified atom stereocenters. The summed E-state index contributed by atoms with van der Waals surface area (Å²) in [6.07, 6.45) is -12.1. The number of benzene rings is 2. The molecular weight excluding hydrogens is 643 g/mol. The van der Waals surface area contributed by atoms with E-state index in [-0.39, 0.29) is 79.3 Å². The molecule has 5 rings (SSSR count). The van der Waals surface area contributed by atoms with E-state index in [1.54, 1.807) is 12.1 Å². The standard InChI is InChI=1S/C32H34F7NO5S/c1-18(2)21-4-3-5-24(17-21)46(44,45)29-14-15-40(27(41)19-6-8-20(9-7-19)28(42)43)26(29)13-10-22-16-23(11-12-25(22)29)30(33,31(34,35)36)32(37,38)39/h3-5,11-12,16-20,26H,6-10,13-15H2,1-2H3,(H,42,43). The van der Waals surface area contributed by atoms with Crippen LogP contribution in [0.1, 0.15) is 80.5 Å². The lowest BCUT2D eigenvalue weighted by Gasteiger charge is -2.44. The van der Waals surface area contributed by atoms with E-state index in [1.807, 2.05) is 13.8 Å². The molecule has 1 heterocycles. The van der Waals surface area contributed by atoms with E-state index in [4.69, 9.17) is 0 Å². The van der Waals surface area contributed by atoms with Crippen molar-refractivity contribution in [3.05, 3.63) is 64.7 Å². The van der Waals surface area contributed by atoms with Crippen LogP contribution < -0.4 is 0 Å². The molecule has 14 heteroatoms. The van der Waals surface area contributed by atoms with Crippen LogP contribution in [-0.2, 0) is 36.3 Å². The fourth-order valence-electron chi connectivity index (χ4n) is 7.57. The van der Waals surface area contributed by atoms with Crippen molar-refractivity contribution in [2.45, 2.75) is 98.4 Å². The Hall–Kier alpha value is -3.16. The first-order valence-electron chi connectivity index (χ1n) is 15.1. The van der Waals surface area contributed by atoms with Gasteiger partial charge in [-0.3, -0.25) is 9.59 Å². The maximum absolute atomic E-state index is 15.1. The molecule has 2 atom stereocenters. The fourth-order valence-corrected chi connectivity index (χ4v) is 9.99. The summed E-state index contributed by atoms with van der Waals surface area (Å²) in [5.74, 6) is -2.55. The van der Waals surface area contributed by atoms with Crippen molar-refractivity contribution in [3.8, 4) is 0 Å². The molecule has 2 aromatic carbocycles. The van der Waals surface area contributed by atoms with Gasteiger partial charge in [0.05, 0.1) is 16.9 Å². The molecule has 1 N–H and O–H groups in total. The number of rotatable bonds is 6. The monoisotopic (exact) mass is 677 g/mol. The molecule has 0 bridgehead atoms. The summed E-state index contributed by atoms with van der Waals surface area (Å²) >= 11 is 0. The Bertz CT molecular complexity index is 1620. The molecule has 0 radical (unpaired) electrons. The molecule has 1 saturated heterocycles. The van der Waals surface area contributed by atoms with Crippen LogP contribution in [0.3, 0.4) is 0 Å². The van der Waals surface area contributed by atoms with Crippen molar-refractivity contribution in [3.63, 3.8) is 0 Å². The van der Waals surface area contributed by atoms with E-state index >= 15 is 4.39 Å². The Morgan fingerprint density at radius 3 is 2.07 bits per heavy atom. The maximum Gasteiger partial charge on any atom is 0.435 e. The summed E-state index contributed by atoms with van der Waals surface area (Å²) in [5, 5.41) is 9.36. The second-order valence-corrected chi connectivity index (χ2v) is 15.1. The van der Waals surface area contributed by atoms with Gasteiger partial charge in [0.2, 0.25) is 5.91 Å². The predicted molar refractivity (Wildman–Crippen MR) is 152 cm³/mol. The highest BCUT2D eigenvalue weighted by atomic mass is 32.2.